The van der Waals surface area contributed by atoms with Crippen LogP contribution in [-0.2, 0) is 0 Å². The lowest BCUT2D eigenvalue weighted by molar-refractivity contribution is 0.0955. The highest BCUT2D eigenvalue weighted by atomic mass is 35.5. The number of aryl methyl sites for hydroxylation is 1. The molecular weight excluding hydrogens is 322 g/mol. The number of amides is 1. The third kappa shape index (κ3) is 3.21. The maximum atomic E-state index is 12.5. The predicted molar refractivity (Wildman–Crippen MR) is 99.9 cm³/mol. The van der Waals surface area contributed by atoms with E-state index in [9.17, 15) is 4.79 Å². The summed E-state index contributed by atoms with van der Waals surface area (Å²) in [5.74, 6) is -0.117. The van der Waals surface area contributed by atoms with Crippen LogP contribution in [0.15, 0.2) is 36.4 Å². The number of carbonyl (C=O) groups excluding carboxylic acids is 1. The van der Waals surface area contributed by atoms with Crippen LogP contribution in [0.2, 0.25) is 5.02 Å². The summed E-state index contributed by atoms with van der Waals surface area (Å²) in [6.45, 7) is 3.50. The van der Waals surface area contributed by atoms with Gasteiger partial charge in [-0.25, -0.2) is 4.98 Å². The van der Waals surface area contributed by atoms with E-state index in [0.717, 1.165) is 34.8 Å². The van der Waals surface area contributed by atoms with E-state index in [1.807, 2.05) is 38.2 Å². The summed E-state index contributed by atoms with van der Waals surface area (Å²) in [4.78, 5) is 17.3. The summed E-state index contributed by atoms with van der Waals surface area (Å²) in [7, 11) is 1.89. The van der Waals surface area contributed by atoms with Gasteiger partial charge >= 0.3 is 0 Å². The SMILES string of the molecule is CNCCCNC(=O)c1ccc(Cl)c2cc3cccc(C)c3nc12. The van der Waals surface area contributed by atoms with Crippen LogP contribution >= 0.6 is 11.6 Å². The average Bonchev–Trinajstić information content (AvgIpc) is 2.58. The monoisotopic (exact) mass is 341 g/mol. The molecule has 4 nitrogen and oxygen atoms in total. The summed E-state index contributed by atoms with van der Waals surface area (Å²) < 4.78 is 0. The fourth-order valence-corrected chi connectivity index (χ4v) is 3.01. The molecule has 0 saturated heterocycles. The molecule has 0 aliphatic heterocycles. The molecule has 3 aromatic rings. The normalized spacial score (nSPS) is 11.1. The molecule has 1 aromatic heterocycles. The van der Waals surface area contributed by atoms with Gasteiger partial charge in [-0.3, -0.25) is 4.79 Å². The van der Waals surface area contributed by atoms with Gasteiger partial charge in [-0.2, -0.15) is 0 Å². The Morgan fingerprint density at radius 1 is 1.17 bits per heavy atom. The molecule has 1 amide bonds. The van der Waals surface area contributed by atoms with Crippen molar-refractivity contribution in [3.8, 4) is 0 Å². The second kappa shape index (κ2) is 7.16. The first kappa shape index (κ1) is 16.7. The minimum absolute atomic E-state index is 0.117. The topological polar surface area (TPSA) is 54.0 Å². The van der Waals surface area contributed by atoms with E-state index >= 15 is 0 Å². The van der Waals surface area contributed by atoms with Gasteiger partial charge in [0, 0.05) is 17.3 Å². The zero-order chi connectivity index (χ0) is 17.1. The smallest absolute Gasteiger partial charge is 0.253 e. The van der Waals surface area contributed by atoms with Crippen molar-refractivity contribution < 1.29 is 4.79 Å². The zero-order valence-corrected chi connectivity index (χ0v) is 14.6. The van der Waals surface area contributed by atoms with Crippen molar-refractivity contribution in [2.24, 2.45) is 0 Å². The summed E-state index contributed by atoms with van der Waals surface area (Å²) in [5, 5.41) is 8.44. The van der Waals surface area contributed by atoms with E-state index in [1.165, 1.54) is 0 Å². The fourth-order valence-electron chi connectivity index (χ4n) is 2.80. The van der Waals surface area contributed by atoms with Gasteiger partial charge < -0.3 is 10.6 Å². The molecule has 3 rings (SSSR count). The quantitative estimate of drug-likeness (QED) is 0.549. The van der Waals surface area contributed by atoms with Crippen LogP contribution in [-0.4, -0.2) is 31.0 Å². The predicted octanol–water partition coefficient (Wildman–Crippen LogP) is 3.69. The molecule has 0 fully saturated rings. The first-order valence-electron chi connectivity index (χ1n) is 8.03. The van der Waals surface area contributed by atoms with Crippen molar-refractivity contribution in [2.75, 3.05) is 20.1 Å². The molecule has 0 atom stereocenters. The number of para-hydroxylation sites is 1. The molecule has 1 heterocycles. The van der Waals surface area contributed by atoms with Gasteiger partial charge in [0.05, 0.1) is 21.6 Å². The molecular formula is C19H20ClN3O. The Labute approximate surface area is 146 Å². The maximum absolute atomic E-state index is 12.5. The molecule has 0 spiro atoms. The van der Waals surface area contributed by atoms with E-state index in [-0.39, 0.29) is 5.91 Å². The van der Waals surface area contributed by atoms with E-state index in [2.05, 4.69) is 10.6 Å². The highest BCUT2D eigenvalue weighted by molar-refractivity contribution is 6.36. The lowest BCUT2D eigenvalue weighted by Crippen LogP contribution is -2.26. The number of aromatic nitrogens is 1. The van der Waals surface area contributed by atoms with E-state index < -0.39 is 0 Å². The number of nitrogens with one attached hydrogen (secondary N) is 2. The third-order valence-corrected chi connectivity index (χ3v) is 4.42. The van der Waals surface area contributed by atoms with Crippen molar-refractivity contribution in [2.45, 2.75) is 13.3 Å². The highest BCUT2D eigenvalue weighted by Crippen LogP contribution is 2.29. The van der Waals surface area contributed by atoms with Gasteiger partial charge in [0.25, 0.3) is 5.91 Å². The van der Waals surface area contributed by atoms with Crippen LogP contribution < -0.4 is 10.6 Å². The van der Waals surface area contributed by atoms with Crippen LogP contribution in [0.5, 0.6) is 0 Å². The molecule has 2 aromatic carbocycles. The number of halogens is 1. The number of carbonyl (C=O) groups is 1. The Kier molecular flexibility index (Phi) is 4.97. The standard InChI is InChI=1S/C19H20ClN3O/c1-12-5-3-6-13-11-15-16(20)8-7-14(18(15)23-17(12)13)19(24)22-10-4-9-21-2/h3,5-8,11,21H,4,9-10H2,1-2H3,(H,22,24). The lowest BCUT2D eigenvalue weighted by Gasteiger charge is -2.11. The molecule has 0 aliphatic rings. The Bertz CT molecular complexity index is 908. The molecule has 0 radical (unpaired) electrons. The van der Waals surface area contributed by atoms with Gasteiger partial charge in [-0.15, -0.1) is 0 Å². The highest BCUT2D eigenvalue weighted by Gasteiger charge is 2.14. The molecule has 5 heteroatoms. The van der Waals surface area contributed by atoms with Crippen LogP contribution in [0.4, 0.5) is 0 Å². The van der Waals surface area contributed by atoms with Crippen LogP contribution in [0.1, 0.15) is 22.3 Å². The van der Waals surface area contributed by atoms with Crippen molar-refractivity contribution in [1.29, 1.82) is 0 Å². The number of hydrogen-bond acceptors (Lipinski definition) is 3. The average molecular weight is 342 g/mol. The molecule has 0 bridgehead atoms. The summed E-state index contributed by atoms with van der Waals surface area (Å²) in [6.07, 6.45) is 0.878. The van der Waals surface area contributed by atoms with Crippen LogP contribution in [0.25, 0.3) is 21.8 Å². The molecule has 0 aliphatic carbocycles. The van der Waals surface area contributed by atoms with Crippen molar-refractivity contribution in [1.82, 2.24) is 15.6 Å². The number of fused-ring (bicyclic) bond motifs is 2. The van der Waals surface area contributed by atoms with Crippen LogP contribution in [0, 0.1) is 6.92 Å². The Balaban J connectivity index is 2.06. The number of hydrogen-bond donors (Lipinski definition) is 2. The van der Waals surface area contributed by atoms with Gasteiger partial charge in [-0.1, -0.05) is 29.8 Å². The number of pyridine rings is 1. The summed E-state index contributed by atoms with van der Waals surface area (Å²) >= 11 is 6.34. The largest absolute Gasteiger partial charge is 0.352 e. The minimum Gasteiger partial charge on any atom is -0.352 e. The van der Waals surface area contributed by atoms with Crippen LogP contribution in [0.3, 0.4) is 0 Å². The van der Waals surface area contributed by atoms with Crippen molar-refractivity contribution in [3.63, 3.8) is 0 Å². The van der Waals surface area contributed by atoms with E-state index in [0.29, 0.717) is 22.6 Å². The summed E-state index contributed by atoms with van der Waals surface area (Å²) in [5.41, 5.74) is 3.19. The second-order valence-electron chi connectivity index (χ2n) is 5.84. The van der Waals surface area contributed by atoms with Crippen molar-refractivity contribution in [3.05, 3.63) is 52.5 Å². The molecule has 0 saturated carbocycles. The maximum Gasteiger partial charge on any atom is 0.253 e. The molecule has 124 valence electrons. The molecule has 0 unspecified atom stereocenters. The van der Waals surface area contributed by atoms with E-state index in [4.69, 9.17) is 16.6 Å². The number of nitrogens with zero attached hydrogens (tertiary/aromatic N) is 1. The zero-order valence-electron chi connectivity index (χ0n) is 13.8. The number of rotatable bonds is 5. The second-order valence-corrected chi connectivity index (χ2v) is 6.25. The molecule has 2 N–H and O–H groups in total. The van der Waals surface area contributed by atoms with Crippen molar-refractivity contribution >= 4 is 39.3 Å². The molecule has 24 heavy (non-hydrogen) atoms. The minimum atomic E-state index is -0.117. The Morgan fingerprint density at radius 3 is 2.79 bits per heavy atom. The number of benzene rings is 2. The Morgan fingerprint density at radius 2 is 2.00 bits per heavy atom. The first-order chi connectivity index (χ1) is 11.6. The third-order valence-electron chi connectivity index (χ3n) is 4.09. The van der Waals surface area contributed by atoms with Gasteiger partial charge in [0.1, 0.15) is 0 Å². The lowest BCUT2D eigenvalue weighted by atomic mass is 10.0. The first-order valence-corrected chi connectivity index (χ1v) is 8.41. The Hall–Kier alpha value is -2.17. The van der Waals surface area contributed by atoms with Gasteiger partial charge in [-0.05, 0) is 50.7 Å². The summed E-state index contributed by atoms with van der Waals surface area (Å²) in [6, 6.07) is 11.5. The van der Waals surface area contributed by atoms with Gasteiger partial charge in [0.2, 0.25) is 0 Å². The van der Waals surface area contributed by atoms with E-state index in [1.54, 1.807) is 12.1 Å². The fraction of sp³-hybridized carbons (Fsp3) is 0.263. The van der Waals surface area contributed by atoms with Gasteiger partial charge in [0.15, 0.2) is 0 Å².